The van der Waals surface area contributed by atoms with Crippen LogP contribution in [0.4, 0.5) is 18.9 Å². The molecule has 2 aromatic carbocycles. The van der Waals surface area contributed by atoms with Gasteiger partial charge < -0.3 is 10.1 Å². The molecule has 2 rings (SSSR count). The monoisotopic (exact) mass is 415 g/mol. The number of amides is 1. The lowest BCUT2D eigenvalue weighted by Gasteiger charge is -2.14. The molecule has 2 aromatic rings. The molecule has 0 radical (unpaired) electrons. The van der Waals surface area contributed by atoms with Crippen LogP contribution in [0.15, 0.2) is 53.4 Å². The zero-order chi connectivity index (χ0) is 21.1. The van der Waals surface area contributed by atoms with Crippen LogP contribution in [0.5, 0.6) is 0 Å². The molecule has 0 bridgehead atoms. The molecule has 0 unspecified atom stereocenters. The smallest absolute Gasteiger partial charge is 0.416 e. The third kappa shape index (κ3) is 5.56. The van der Waals surface area contributed by atoms with E-state index < -0.39 is 39.6 Å². The predicted molar refractivity (Wildman–Crippen MR) is 94.5 cm³/mol. The van der Waals surface area contributed by atoms with Crippen LogP contribution >= 0.6 is 0 Å². The van der Waals surface area contributed by atoms with Crippen molar-refractivity contribution < 1.29 is 35.9 Å². The van der Waals surface area contributed by atoms with Crippen molar-refractivity contribution in [3.05, 3.63) is 59.7 Å². The molecule has 0 spiro atoms. The summed E-state index contributed by atoms with van der Waals surface area (Å²) in [5.74, 6) is -1.67. The van der Waals surface area contributed by atoms with Gasteiger partial charge in [0.25, 0.3) is 5.91 Å². The molecule has 0 saturated heterocycles. The Hall–Kier alpha value is -2.88. The standard InChI is InChI=1S/C18H16F3NO5S/c1-11(16(23)22-14-8-6-13(7-9-14)18(19,20)21)27-17(24)12-4-3-5-15(10-12)28(2,25)26/h3-11H,1-2H3,(H,22,23)/t11-/m1/s1. The van der Waals surface area contributed by atoms with Gasteiger partial charge in [-0.1, -0.05) is 6.07 Å². The first-order valence-corrected chi connectivity index (χ1v) is 9.76. The van der Waals surface area contributed by atoms with E-state index in [-0.39, 0.29) is 16.1 Å². The highest BCUT2D eigenvalue weighted by molar-refractivity contribution is 7.90. The predicted octanol–water partition coefficient (Wildman–Crippen LogP) is 3.29. The van der Waals surface area contributed by atoms with Crippen molar-refractivity contribution in [2.75, 3.05) is 11.6 Å². The molecule has 6 nitrogen and oxygen atoms in total. The van der Waals surface area contributed by atoms with Crippen molar-refractivity contribution in [1.82, 2.24) is 0 Å². The van der Waals surface area contributed by atoms with E-state index in [1.807, 2.05) is 0 Å². The second-order valence-corrected chi connectivity index (χ2v) is 7.93. The maximum absolute atomic E-state index is 12.5. The number of carbonyl (C=O) groups excluding carboxylic acids is 2. The Bertz CT molecular complexity index is 985. The molecule has 0 saturated carbocycles. The maximum atomic E-state index is 12.5. The molecule has 1 N–H and O–H groups in total. The maximum Gasteiger partial charge on any atom is 0.416 e. The van der Waals surface area contributed by atoms with Crippen LogP contribution in [0.2, 0.25) is 0 Å². The van der Waals surface area contributed by atoms with E-state index in [2.05, 4.69) is 5.32 Å². The van der Waals surface area contributed by atoms with E-state index in [0.29, 0.717) is 0 Å². The van der Waals surface area contributed by atoms with E-state index >= 15 is 0 Å². The largest absolute Gasteiger partial charge is 0.449 e. The van der Waals surface area contributed by atoms with Crippen molar-refractivity contribution in [1.29, 1.82) is 0 Å². The number of sulfone groups is 1. The molecule has 0 fully saturated rings. The number of esters is 1. The molecule has 150 valence electrons. The molecular weight excluding hydrogens is 399 g/mol. The van der Waals surface area contributed by atoms with Gasteiger partial charge >= 0.3 is 12.1 Å². The molecule has 0 aliphatic rings. The van der Waals surface area contributed by atoms with Crippen molar-refractivity contribution in [3.63, 3.8) is 0 Å². The fourth-order valence-electron chi connectivity index (χ4n) is 2.12. The first kappa shape index (κ1) is 21.4. The lowest BCUT2D eigenvalue weighted by molar-refractivity contribution is -0.137. The fourth-order valence-corrected chi connectivity index (χ4v) is 2.79. The summed E-state index contributed by atoms with van der Waals surface area (Å²) in [7, 11) is -3.53. The summed E-state index contributed by atoms with van der Waals surface area (Å²) in [5, 5.41) is 2.33. The molecular formula is C18H16F3NO5S. The number of ether oxygens (including phenoxy) is 1. The molecule has 1 amide bonds. The Morgan fingerprint density at radius 3 is 2.21 bits per heavy atom. The SMILES string of the molecule is C[C@@H](OC(=O)c1cccc(S(C)(=O)=O)c1)C(=O)Nc1ccc(C(F)(F)F)cc1. The van der Waals surface area contributed by atoms with Gasteiger partial charge in [0.2, 0.25) is 0 Å². The zero-order valence-electron chi connectivity index (χ0n) is 14.8. The van der Waals surface area contributed by atoms with E-state index in [1.165, 1.54) is 25.1 Å². The summed E-state index contributed by atoms with van der Waals surface area (Å²) in [6.45, 7) is 1.28. The van der Waals surface area contributed by atoms with Crippen molar-refractivity contribution >= 4 is 27.4 Å². The first-order valence-electron chi connectivity index (χ1n) is 7.87. The van der Waals surface area contributed by atoms with Gasteiger partial charge in [0.1, 0.15) is 0 Å². The van der Waals surface area contributed by atoms with Crippen molar-refractivity contribution in [2.45, 2.75) is 24.1 Å². The number of anilines is 1. The number of nitrogens with one attached hydrogen (secondary N) is 1. The third-order valence-corrected chi connectivity index (χ3v) is 4.74. The van der Waals surface area contributed by atoms with Crippen molar-refractivity contribution in [3.8, 4) is 0 Å². The summed E-state index contributed by atoms with van der Waals surface area (Å²) in [4.78, 5) is 24.1. The highest BCUT2D eigenvalue weighted by atomic mass is 32.2. The average Bonchev–Trinajstić information content (AvgIpc) is 2.60. The molecule has 1 atom stereocenters. The Labute approximate surface area is 159 Å². The van der Waals surface area contributed by atoms with Gasteiger partial charge in [0.15, 0.2) is 15.9 Å². The first-order chi connectivity index (χ1) is 12.9. The lowest BCUT2D eigenvalue weighted by Crippen LogP contribution is -2.30. The van der Waals surface area contributed by atoms with E-state index in [4.69, 9.17) is 4.74 Å². The summed E-state index contributed by atoms with van der Waals surface area (Å²) in [6.07, 6.45) is -4.78. The van der Waals surface area contributed by atoms with Gasteiger partial charge in [-0.05, 0) is 49.4 Å². The Morgan fingerprint density at radius 2 is 1.68 bits per heavy atom. The molecule has 0 aliphatic carbocycles. The van der Waals surface area contributed by atoms with Crippen molar-refractivity contribution in [2.24, 2.45) is 0 Å². The summed E-state index contributed by atoms with van der Waals surface area (Å²) >= 11 is 0. The highest BCUT2D eigenvalue weighted by Crippen LogP contribution is 2.29. The number of hydrogen-bond acceptors (Lipinski definition) is 5. The van der Waals surface area contributed by atoms with E-state index in [1.54, 1.807) is 0 Å². The molecule has 0 aliphatic heterocycles. The number of hydrogen-bond donors (Lipinski definition) is 1. The van der Waals surface area contributed by atoms with Crippen LogP contribution < -0.4 is 5.32 Å². The lowest BCUT2D eigenvalue weighted by atomic mass is 10.2. The Morgan fingerprint density at radius 1 is 1.07 bits per heavy atom. The third-order valence-electron chi connectivity index (χ3n) is 3.63. The van der Waals surface area contributed by atoms with Gasteiger partial charge in [-0.2, -0.15) is 13.2 Å². The number of benzene rings is 2. The minimum absolute atomic E-state index is 0.0582. The Kier molecular flexibility index (Phi) is 6.13. The van der Waals surface area contributed by atoms with Gasteiger partial charge in [-0.25, -0.2) is 13.2 Å². The second-order valence-electron chi connectivity index (χ2n) is 5.91. The van der Waals surface area contributed by atoms with Gasteiger partial charge in [0, 0.05) is 11.9 Å². The van der Waals surface area contributed by atoms with Crippen LogP contribution in [-0.2, 0) is 25.5 Å². The number of alkyl halides is 3. The average molecular weight is 415 g/mol. The normalized spacial score (nSPS) is 12.9. The summed E-state index contributed by atoms with van der Waals surface area (Å²) in [6, 6.07) is 8.89. The summed E-state index contributed by atoms with van der Waals surface area (Å²) in [5.41, 5.74) is -0.826. The number of carbonyl (C=O) groups is 2. The minimum atomic E-state index is -4.49. The van der Waals surface area contributed by atoms with Gasteiger partial charge in [-0.15, -0.1) is 0 Å². The number of halogens is 3. The van der Waals surface area contributed by atoms with Crippen LogP contribution in [-0.4, -0.2) is 32.7 Å². The highest BCUT2D eigenvalue weighted by Gasteiger charge is 2.30. The second kappa shape index (κ2) is 8.01. The van der Waals surface area contributed by atoms with Crippen LogP contribution in [0, 0.1) is 0 Å². The van der Waals surface area contributed by atoms with Crippen LogP contribution in [0.25, 0.3) is 0 Å². The molecule has 28 heavy (non-hydrogen) atoms. The Balaban J connectivity index is 2.03. The quantitative estimate of drug-likeness (QED) is 0.757. The van der Waals surface area contributed by atoms with Crippen LogP contribution in [0.1, 0.15) is 22.8 Å². The van der Waals surface area contributed by atoms with Gasteiger partial charge in [0.05, 0.1) is 16.0 Å². The molecule has 10 heteroatoms. The summed E-state index contributed by atoms with van der Waals surface area (Å²) < 4.78 is 65.7. The zero-order valence-corrected chi connectivity index (χ0v) is 15.6. The van der Waals surface area contributed by atoms with E-state index in [0.717, 1.165) is 36.6 Å². The van der Waals surface area contributed by atoms with Crippen LogP contribution in [0.3, 0.4) is 0 Å². The fraction of sp³-hybridized carbons (Fsp3) is 0.222. The van der Waals surface area contributed by atoms with E-state index in [9.17, 15) is 31.2 Å². The molecule has 0 aromatic heterocycles. The number of rotatable bonds is 5. The minimum Gasteiger partial charge on any atom is -0.449 e. The molecule has 0 heterocycles. The topological polar surface area (TPSA) is 89.5 Å². The van der Waals surface area contributed by atoms with Gasteiger partial charge in [-0.3, -0.25) is 4.79 Å².